The molecule has 19 heavy (non-hydrogen) atoms. The number of anilines is 1. The number of halogens is 1. The van der Waals surface area contributed by atoms with Crippen LogP contribution in [0.15, 0.2) is 30.5 Å². The number of nitrogens with one attached hydrogen (secondary N) is 1. The molecule has 1 aromatic heterocycles. The van der Waals surface area contributed by atoms with E-state index in [1.54, 1.807) is 18.0 Å². The van der Waals surface area contributed by atoms with Crippen molar-refractivity contribution in [2.75, 3.05) is 23.9 Å². The fourth-order valence-corrected chi connectivity index (χ4v) is 2.84. The van der Waals surface area contributed by atoms with Gasteiger partial charge in [0, 0.05) is 40.7 Å². The Kier molecular flexibility index (Phi) is 5.31. The Hall–Kier alpha value is -0.970. The van der Waals surface area contributed by atoms with Crippen LogP contribution < -0.4 is 5.32 Å². The van der Waals surface area contributed by atoms with E-state index in [-0.39, 0.29) is 12.6 Å². The Morgan fingerprint density at radius 3 is 3.00 bits per heavy atom. The summed E-state index contributed by atoms with van der Waals surface area (Å²) in [6.45, 7) is 0.188. The predicted octanol–water partition coefficient (Wildman–Crippen LogP) is 3.41. The highest BCUT2D eigenvalue weighted by atomic mass is 35.5. The minimum atomic E-state index is 0.188. The lowest BCUT2D eigenvalue weighted by Crippen LogP contribution is -2.23. The molecule has 3 nitrogen and oxygen atoms in total. The van der Waals surface area contributed by atoms with E-state index in [0.717, 1.165) is 28.8 Å². The summed E-state index contributed by atoms with van der Waals surface area (Å²) in [4.78, 5) is 4.32. The Balaban J connectivity index is 2.28. The van der Waals surface area contributed by atoms with Crippen molar-refractivity contribution in [2.45, 2.75) is 12.5 Å². The number of nitrogens with zero attached hydrogens (tertiary/aromatic N) is 1. The zero-order valence-corrected chi connectivity index (χ0v) is 12.3. The summed E-state index contributed by atoms with van der Waals surface area (Å²) in [5, 5.41) is 14.3. The Morgan fingerprint density at radius 2 is 2.26 bits per heavy atom. The highest BCUT2D eigenvalue weighted by molar-refractivity contribution is 7.98. The van der Waals surface area contributed by atoms with Crippen LogP contribution in [0.3, 0.4) is 0 Å². The normalized spacial score (nSPS) is 12.6. The lowest BCUT2D eigenvalue weighted by molar-refractivity contribution is 0.282. The summed E-state index contributed by atoms with van der Waals surface area (Å²) >= 11 is 7.75. The van der Waals surface area contributed by atoms with Crippen LogP contribution in [0.25, 0.3) is 10.9 Å². The van der Waals surface area contributed by atoms with Crippen molar-refractivity contribution in [3.63, 3.8) is 0 Å². The molecule has 1 unspecified atom stereocenters. The van der Waals surface area contributed by atoms with Gasteiger partial charge in [-0.15, -0.1) is 0 Å². The molecule has 0 radical (unpaired) electrons. The molecule has 1 atom stereocenters. The second-order valence-corrected chi connectivity index (χ2v) is 5.68. The van der Waals surface area contributed by atoms with Gasteiger partial charge in [-0.3, -0.25) is 4.98 Å². The van der Waals surface area contributed by atoms with Gasteiger partial charge in [-0.05, 0) is 36.9 Å². The zero-order chi connectivity index (χ0) is 13.7. The van der Waals surface area contributed by atoms with Crippen molar-refractivity contribution in [2.24, 2.45) is 0 Å². The van der Waals surface area contributed by atoms with Crippen molar-refractivity contribution >= 4 is 40.0 Å². The van der Waals surface area contributed by atoms with Crippen LogP contribution in [0.4, 0.5) is 5.69 Å². The van der Waals surface area contributed by atoms with Gasteiger partial charge >= 0.3 is 0 Å². The third-order valence-electron chi connectivity index (χ3n) is 2.91. The molecule has 0 saturated heterocycles. The fraction of sp³-hybridized carbons (Fsp3) is 0.357. The minimum Gasteiger partial charge on any atom is -0.396 e. The smallest absolute Gasteiger partial charge is 0.0737 e. The lowest BCUT2D eigenvalue weighted by Gasteiger charge is -2.19. The van der Waals surface area contributed by atoms with Crippen molar-refractivity contribution in [3.05, 3.63) is 35.5 Å². The maximum absolute atomic E-state index is 9.11. The number of hydrogen-bond donors (Lipinski definition) is 2. The van der Waals surface area contributed by atoms with Crippen LogP contribution in [0.1, 0.15) is 6.42 Å². The molecule has 0 amide bonds. The molecule has 5 heteroatoms. The summed E-state index contributed by atoms with van der Waals surface area (Å²) in [5.74, 6) is 0.956. The Morgan fingerprint density at radius 1 is 1.42 bits per heavy atom. The number of aliphatic hydroxyl groups is 1. The quantitative estimate of drug-likeness (QED) is 0.857. The van der Waals surface area contributed by atoms with E-state index in [4.69, 9.17) is 16.7 Å². The third-order valence-corrected chi connectivity index (χ3v) is 3.88. The second kappa shape index (κ2) is 6.98. The maximum atomic E-state index is 9.11. The molecule has 0 saturated carbocycles. The summed E-state index contributed by atoms with van der Waals surface area (Å²) in [6, 6.07) is 7.91. The summed E-state index contributed by atoms with van der Waals surface area (Å²) in [6.07, 6.45) is 4.57. The van der Waals surface area contributed by atoms with Crippen LogP contribution in [-0.2, 0) is 0 Å². The number of aliphatic hydroxyl groups excluding tert-OH is 1. The zero-order valence-electron chi connectivity index (χ0n) is 10.8. The average molecular weight is 297 g/mol. The molecule has 0 aliphatic carbocycles. The number of pyridine rings is 1. The van der Waals surface area contributed by atoms with E-state index >= 15 is 0 Å². The van der Waals surface area contributed by atoms with Gasteiger partial charge < -0.3 is 10.4 Å². The molecule has 0 spiro atoms. The van der Waals surface area contributed by atoms with E-state index in [1.807, 2.05) is 24.3 Å². The SMILES string of the molecule is CSCC(CCO)Nc1ccnc2cc(Cl)ccc12. The summed E-state index contributed by atoms with van der Waals surface area (Å²) < 4.78 is 0. The van der Waals surface area contributed by atoms with Crippen molar-refractivity contribution in [1.29, 1.82) is 0 Å². The highest BCUT2D eigenvalue weighted by Crippen LogP contribution is 2.25. The fourth-order valence-electron chi connectivity index (χ4n) is 2.02. The average Bonchev–Trinajstić information content (AvgIpc) is 2.39. The monoisotopic (exact) mass is 296 g/mol. The standard InChI is InChI=1S/C14H17ClN2OS/c1-19-9-11(5-7-18)17-13-4-6-16-14-8-10(15)2-3-12(13)14/h2-4,6,8,11,18H,5,7,9H2,1H3,(H,16,17). The lowest BCUT2D eigenvalue weighted by atomic mass is 10.1. The first kappa shape index (κ1) is 14.4. The Labute approximate surface area is 122 Å². The largest absolute Gasteiger partial charge is 0.396 e. The van der Waals surface area contributed by atoms with Gasteiger partial charge in [-0.1, -0.05) is 11.6 Å². The molecular formula is C14H17ClN2OS. The summed E-state index contributed by atoms with van der Waals surface area (Å²) in [5.41, 5.74) is 1.92. The number of fused-ring (bicyclic) bond motifs is 1. The molecule has 0 fully saturated rings. The van der Waals surface area contributed by atoms with Gasteiger partial charge in [0.2, 0.25) is 0 Å². The number of thioether (sulfide) groups is 1. The summed E-state index contributed by atoms with van der Waals surface area (Å²) in [7, 11) is 0. The topological polar surface area (TPSA) is 45.1 Å². The molecule has 0 aliphatic rings. The number of aromatic nitrogens is 1. The number of hydrogen-bond acceptors (Lipinski definition) is 4. The highest BCUT2D eigenvalue weighted by Gasteiger charge is 2.09. The van der Waals surface area contributed by atoms with Crippen molar-refractivity contribution in [1.82, 2.24) is 4.98 Å². The maximum Gasteiger partial charge on any atom is 0.0737 e. The minimum absolute atomic E-state index is 0.188. The van der Waals surface area contributed by atoms with Gasteiger partial charge in [0.15, 0.2) is 0 Å². The van der Waals surface area contributed by atoms with Gasteiger partial charge in [0.05, 0.1) is 5.52 Å². The first-order valence-corrected chi connectivity index (χ1v) is 7.92. The number of rotatable bonds is 6. The van der Waals surface area contributed by atoms with Crippen LogP contribution in [0, 0.1) is 0 Å². The van der Waals surface area contributed by atoms with E-state index in [1.165, 1.54) is 0 Å². The third kappa shape index (κ3) is 3.75. The second-order valence-electron chi connectivity index (χ2n) is 4.33. The van der Waals surface area contributed by atoms with E-state index in [0.29, 0.717) is 5.02 Å². The van der Waals surface area contributed by atoms with Crippen molar-refractivity contribution < 1.29 is 5.11 Å². The van der Waals surface area contributed by atoms with Gasteiger partial charge in [0.25, 0.3) is 0 Å². The van der Waals surface area contributed by atoms with Crippen molar-refractivity contribution in [3.8, 4) is 0 Å². The molecule has 102 valence electrons. The number of benzene rings is 1. The van der Waals surface area contributed by atoms with Gasteiger partial charge in [-0.2, -0.15) is 11.8 Å². The molecule has 1 aromatic carbocycles. The van der Waals surface area contributed by atoms with Crippen LogP contribution >= 0.6 is 23.4 Å². The molecule has 0 bridgehead atoms. The molecule has 2 aromatic rings. The molecular weight excluding hydrogens is 280 g/mol. The Bertz CT molecular complexity index is 544. The molecule has 0 aliphatic heterocycles. The van der Waals surface area contributed by atoms with Crippen LogP contribution in [0.2, 0.25) is 5.02 Å². The predicted molar refractivity (Wildman–Crippen MR) is 84.2 cm³/mol. The van der Waals surface area contributed by atoms with E-state index < -0.39 is 0 Å². The van der Waals surface area contributed by atoms with Crippen LogP contribution in [0.5, 0.6) is 0 Å². The molecule has 2 rings (SSSR count). The molecule has 1 heterocycles. The van der Waals surface area contributed by atoms with E-state index in [9.17, 15) is 0 Å². The van der Waals surface area contributed by atoms with Gasteiger partial charge in [-0.25, -0.2) is 0 Å². The first-order valence-electron chi connectivity index (χ1n) is 6.15. The van der Waals surface area contributed by atoms with E-state index in [2.05, 4.69) is 16.6 Å². The first-order chi connectivity index (χ1) is 9.24. The molecule has 2 N–H and O–H groups in total. The van der Waals surface area contributed by atoms with Crippen LogP contribution in [-0.4, -0.2) is 34.7 Å². The van der Waals surface area contributed by atoms with Gasteiger partial charge in [0.1, 0.15) is 0 Å².